The molecular formula is C55H33NOS2. The molecule has 2 aliphatic rings. The minimum atomic E-state index is -0.479. The van der Waals surface area contributed by atoms with E-state index in [1.54, 1.807) is 0 Å². The molecule has 0 saturated carbocycles. The second kappa shape index (κ2) is 12.6. The molecule has 0 radical (unpaired) electrons. The molecule has 2 aromatic heterocycles. The molecule has 1 aliphatic carbocycles. The fourth-order valence-corrected chi connectivity index (χ4v) is 12.4. The van der Waals surface area contributed by atoms with Crippen molar-refractivity contribution in [2.24, 2.45) is 0 Å². The summed E-state index contributed by atoms with van der Waals surface area (Å²) in [6.45, 7) is 0. The van der Waals surface area contributed by atoms with E-state index in [-0.39, 0.29) is 0 Å². The van der Waals surface area contributed by atoms with Gasteiger partial charge in [0, 0.05) is 63.9 Å². The first-order valence-electron chi connectivity index (χ1n) is 20.1. The first-order valence-corrected chi connectivity index (χ1v) is 21.7. The van der Waals surface area contributed by atoms with Crippen LogP contribution in [0.2, 0.25) is 0 Å². The van der Waals surface area contributed by atoms with Gasteiger partial charge >= 0.3 is 0 Å². The normalized spacial score (nSPS) is 13.5. The number of hydrogen-bond acceptors (Lipinski definition) is 4. The van der Waals surface area contributed by atoms with Crippen molar-refractivity contribution in [3.63, 3.8) is 0 Å². The smallest absolute Gasteiger partial charge is 0.137 e. The fourth-order valence-electron chi connectivity index (χ4n) is 10.1. The number of hydrogen-bond donors (Lipinski definition) is 0. The van der Waals surface area contributed by atoms with Gasteiger partial charge in [-0.3, -0.25) is 0 Å². The van der Waals surface area contributed by atoms with Crippen LogP contribution in [0.25, 0.3) is 64.4 Å². The zero-order valence-corrected chi connectivity index (χ0v) is 33.4. The number of fused-ring (bicyclic) bond motifs is 15. The zero-order chi connectivity index (χ0) is 38.7. The average Bonchev–Trinajstić information content (AvgIpc) is 3.95. The standard InChI is InChI=1S/C55H33NOS2/c1-2-13-34(14-3-1)38-18-12-24-53-54(38)43-31-35(26-29-50(43)58-53)56(37-25-28-42-41-17-6-10-22-48(41)57-49(42)33-37)36-27-30-52-47(32-36)55(46-21-9-11-23-51(46)59-52)44-19-7-4-15-39(44)40-16-5-8-20-45(40)55/h1-33H. The Bertz CT molecular complexity index is 3460. The number of rotatable bonds is 4. The molecule has 2 nitrogen and oxygen atoms in total. The Balaban J connectivity index is 1.09. The fraction of sp³-hybridized carbons (Fsp3) is 0.0182. The summed E-state index contributed by atoms with van der Waals surface area (Å²) in [6.07, 6.45) is 0. The van der Waals surface area contributed by atoms with Crippen molar-refractivity contribution >= 4 is 82.3 Å². The van der Waals surface area contributed by atoms with Crippen LogP contribution in [-0.2, 0) is 5.41 Å². The lowest BCUT2D eigenvalue weighted by Gasteiger charge is -2.40. The maximum atomic E-state index is 6.55. The topological polar surface area (TPSA) is 16.4 Å². The van der Waals surface area contributed by atoms with Crippen LogP contribution < -0.4 is 4.90 Å². The van der Waals surface area contributed by atoms with Gasteiger partial charge in [-0.1, -0.05) is 139 Å². The molecular weight excluding hydrogens is 755 g/mol. The molecule has 0 fully saturated rings. The minimum absolute atomic E-state index is 0.479. The predicted molar refractivity (Wildman–Crippen MR) is 248 cm³/mol. The van der Waals surface area contributed by atoms with E-state index in [1.807, 2.05) is 29.2 Å². The highest BCUT2D eigenvalue weighted by Gasteiger charge is 2.50. The summed E-state index contributed by atoms with van der Waals surface area (Å²) in [6, 6.07) is 73.8. The van der Waals surface area contributed by atoms with Crippen LogP contribution >= 0.6 is 23.1 Å². The van der Waals surface area contributed by atoms with Crippen LogP contribution in [0.3, 0.4) is 0 Å². The van der Waals surface area contributed by atoms with Gasteiger partial charge in [-0.2, -0.15) is 0 Å². The van der Waals surface area contributed by atoms with Crippen LogP contribution in [0.5, 0.6) is 0 Å². The average molecular weight is 788 g/mol. The molecule has 0 unspecified atom stereocenters. The van der Waals surface area contributed by atoms with Crippen LogP contribution in [0.15, 0.2) is 214 Å². The van der Waals surface area contributed by atoms with E-state index in [0.29, 0.717) is 0 Å². The van der Waals surface area contributed by atoms with Crippen molar-refractivity contribution in [1.82, 2.24) is 0 Å². The van der Waals surface area contributed by atoms with E-state index < -0.39 is 5.41 Å². The van der Waals surface area contributed by atoms with Crippen LogP contribution in [0.1, 0.15) is 22.3 Å². The summed E-state index contributed by atoms with van der Waals surface area (Å²) < 4.78 is 9.12. The predicted octanol–water partition coefficient (Wildman–Crippen LogP) is 15.9. The van der Waals surface area contributed by atoms with Gasteiger partial charge in [-0.25, -0.2) is 0 Å². The molecule has 0 amide bonds. The highest BCUT2D eigenvalue weighted by atomic mass is 32.2. The van der Waals surface area contributed by atoms with Gasteiger partial charge in [0.25, 0.3) is 0 Å². The summed E-state index contributed by atoms with van der Waals surface area (Å²) in [5, 5.41) is 4.80. The van der Waals surface area contributed by atoms with E-state index in [9.17, 15) is 0 Å². The zero-order valence-electron chi connectivity index (χ0n) is 31.7. The molecule has 0 bridgehead atoms. The third-order valence-corrected chi connectivity index (χ3v) is 14.8. The van der Waals surface area contributed by atoms with Crippen molar-refractivity contribution in [2.75, 3.05) is 4.90 Å². The lowest BCUT2D eigenvalue weighted by Crippen LogP contribution is -2.32. The van der Waals surface area contributed by atoms with Gasteiger partial charge in [0.15, 0.2) is 0 Å². The van der Waals surface area contributed by atoms with E-state index in [2.05, 4.69) is 199 Å². The monoisotopic (exact) mass is 787 g/mol. The van der Waals surface area contributed by atoms with Gasteiger partial charge in [-0.05, 0) is 111 Å². The number of nitrogens with zero attached hydrogens (tertiary/aromatic N) is 1. The summed E-state index contributed by atoms with van der Waals surface area (Å²) >= 11 is 3.74. The first kappa shape index (κ1) is 33.2. The second-order valence-corrected chi connectivity index (χ2v) is 17.7. The molecule has 1 spiro atoms. The van der Waals surface area contributed by atoms with Gasteiger partial charge in [0.2, 0.25) is 0 Å². The molecule has 3 heterocycles. The maximum Gasteiger partial charge on any atom is 0.137 e. The number of benzene rings is 9. The quantitative estimate of drug-likeness (QED) is 0.177. The van der Waals surface area contributed by atoms with Crippen molar-refractivity contribution < 1.29 is 4.42 Å². The molecule has 59 heavy (non-hydrogen) atoms. The Hall–Kier alpha value is -6.85. The van der Waals surface area contributed by atoms with Crippen molar-refractivity contribution in [2.45, 2.75) is 15.2 Å². The summed E-state index contributed by atoms with van der Waals surface area (Å²) in [5.41, 5.74) is 14.9. The Morgan fingerprint density at radius 1 is 0.390 bits per heavy atom. The molecule has 1 aliphatic heterocycles. The van der Waals surface area contributed by atoms with E-state index in [1.165, 1.54) is 74.5 Å². The van der Waals surface area contributed by atoms with Gasteiger partial charge in [0.1, 0.15) is 11.2 Å². The third kappa shape index (κ3) is 4.70. The Kier molecular flexibility index (Phi) is 7.07. The lowest BCUT2D eigenvalue weighted by molar-refractivity contribution is 0.669. The van der Waals surface area contributed by atoms with Crippen LogP contribution in [-0.4, -0.2) is 0 Å². The Morgan fingerprint density at radius 3 is 1.86 bits per heavy atom. The molecule has 0 atom stereocenters. The molecule has 0 N–H and O–H groups in total. The number of para-hydroxylation sites is 1. The van der Waals surface area contributed by atoms with Crippen molar-refractivity contribution in [3.05, 3.63) is 222 Å². The molecule has 9 aromatic carbocycles. The molecule has 13 rings (SSSR count). The van der Waals surface area contributed by atoms with E-state index in [4.69, 9.17) is 4.42 Å². The number of anilines is 3. The molecule has 0 saturated heterocycles. The highest BCUT2D eigenvalue weighted by molar-refractivity contribution is 7.99. The second-order valence-electron chi connectivity index (χ2n) is 15.6. The Morgan fingerprint density at radius 2 is 1.02 bits per heavy atom. The largest absolute Gasteiger partial charge is 0.456 e. The molecule has 276 valence electrons. The number of thiophene rings is 1. The Labute approximate surface area is 349 Å². The van der Waals surface area contributed by atoms with E-state index >= 15 is 0 Å². The third-order valence-electron chi connectivity index (χ3n) is 12.5. The van der Waals surface area contributed by atoms with Gasteiger partial charge < -0.3 is 9.32 Å². The van der Waals surface area contributed by atoms with Gasteiger partial charge in [-0.15, -0.1) is 11.3 Å². The summed E-state index contributed by atoms with van der Waals surface area (Å²) in [4.78, 5) is 5.01. The highest BCUT2D eigenvalue weighted by Crippen LogP contribution is 2.62. The van der Waals surface area contributed by atoms with E-state index in [0.717, 1.165) is 39.0 Å². The van der Waals surface area contributed by atoms with Gasteiger partial charge in [0.05, 0.1) is 5.41 Å². The van der Waals surface area contributed by atoms with Crippen LogP contribution in [0.4, 0.5) is 17.1 Å². The molecule has 11 aromatic rings. The molecule has 4 heteroatoms. The lowest BCUT2D eigenvalue weighted by atomic mass is 9.67. The maximum absolute atomic E-state index is 6.55. The summed E-state index contributed by atoms with van der Waals surface area (Å²) in [5.74, 6) is 0. The first-order chi connectivity index (χ1) is 29.2. The SMILES string of the molecule is c1ccc(-c2cccc3sc4ccc(N(c5ccc6c(c5)C5(c7ccccc7S6)c6ccccc6-c6ccccc65)c5ccc6c(c5)oc5ccccc56)cc4c23)cc1. The minimum Gasteiger partial charge on any atom is -0.456 e. The number of furan rings is 1. The summed E-state index contributed by atoms with van der Waals surface area (Å²) in [7, 11) is 0. The van der Waals surface area contributed by atoms with Crippen molar-refractivity contribution in [1.29, 1.82) is 0 Å². The van der Waals surface area contributed by atoms with Crippen LogP contribution in [0, 0.1) is 0 Å². The van der Waals surface area contributed by atoms with Crippen molar-refractivity contribution in [3.8, 4) is 22.3 Å².